The SMILES string of the molecule is CCN(CCc1ccncc1)C(=O)C1CCn2ccnc2C1. The Morgan fingerprint density at radius 3 is 2.95 bits per heavy atom. The first-order valence-corrected chi connectivity index (χ1v) is 7.95. The van der Waals surface area contributed by atoms with Gasteiger partial charge in [0.15, 0.2) is 0 Å². The quantitative estimate of drug-likeness (QED) is 0.847. The Labute approximate surface area is 131 Å². The zero-order valence-corrected chi connectivity index (χ0v) is 13.0. The minimum atomic E-state index is 0.0762. The van der Waals surface area contributed by atoms with Crippen molar-refractivity contribution in [3.8, 4) is 0 Å². The van der Waals surface area contributed by atoms with E-state index in [0.29, 0.717) is 0 Å². The van der Waals surface area contributed by atoms with Gasteiger partial charge in [0, 0.05) is 56.8 Å². The van der Waals surface area contributed by atoms with Crippen molar-refractivity contribution in [2.24, 2.45) is 5.92 Å². The minimum Gasteiger partial charge on any atom is -0.342 e. The van der Waals surface area contributed by atoms with Gasteiger partial charge in [0.1, 0.15) is 5.82 Å². The van der Waals surface area contributed by atoms with Gasteiger partial charge in [-0.3, -0.25) is 9.78 Å². The Kier molecular flexibility index (Phi) is 4.51. The first-order chi connectivity index (χ1) is 10.8. The number of aromatic nitrogens is 3. The lowest BCUT2D eigenvalue weighted by molar-refractivity contribution is -0.136. The molecule has 0 bridgehead atoms. The van der Waals surface area contributed by atoms with Crippen LogP contribution in [0.1, 0.15) is 24.7 Å². The molecule has 5 nitrogen and oxygen atoms in total. The molecule has 22 heavy (non-hydrogen) atoms. The molecule has 3 rings (SSSR count). The number of hydrogen-bond donors (Lipinski definition) is 0. The second-order valence-corrected chi connectivity index (χ2v) is 5.75. The second kappa shape index (κ2) is 6.73. The summed E-state index contributed by atoms with van der Waals surface area (Å²) in [5.41, 5.74) is 1.22. The number of amides is 1. The third-order valence-electron chi connectivity index (χ3n) is 4.41. The van der Waals surface area contributed by atoms with Crippen LogP contribution in [0.25, 0.3) is 0 Å². The lowest BCUT2D eigenvalue weighted by Gasteiger charge is -2.29. The maximum Gasteiger partial charge on any atom is 0.226 e. The Bertz CT molecular complexity index is 623. The minimum absolute atomic E-state index is 0.0762. The Hall–Kier alpha value is -2.17. The average Bonchev–Trinajstić information content (AvgIpc) is 3.03. The highest BCUT2D eigenvalue weighted by atomic mass is 16.2. The number of aryl methyl sites for hydroxylation is 1. The van der Waals surface area contributed by atoms with Crippen LogP contribution in [0.5, 0.6) is 0 Å². The fourth-order valence-corrected chi connectivity index (χ4v) is 3.06. The number of imidazole rings is 1. The molecule has 3 heterocycles. The molecule has 0 saturated carbocycles. The summed E-state index contributed by atoms with van der Waals surface area (Å²) in [7, 11) is 0. The van der Waals surface area contributed by atoms with Crippen LogP contribution >= 0.6 is 0 Å². The molecule has 0 fully saturated rings. The third kappa shape index (κ3) is 3.18. The molecule has 2 aromatic rings. The van der Waals surface area contributed by atoms with Crippen molar-refractivity contribution in [1.29, 1.82) is 0 Å². The van der Waals surface area contributed by atoms with E-state index in [9.17, 15) is 4.79 Å². The van der Waals surface area contributed by atoms with Crippen molar-refractivity contribution in [2.75, 3.05) is 13.1 Å². The fourth-order valence-electron chi connectivity index (χ4n) is 3.06. The van der Waals surface area contributed by atoms with Crippen LogP contribution in [0, 0.1) is 5.92 Å². The standard InChI is InChI=1S/C17H22N4O/c1-2-20(10-5-14-3-7-18-8-4-14)17(22)15-6-11-21-12-9-19-16(21)13-15/h3-4,7-9,12,15H,2,5-6,10-11,13H2,1H3. The van der Waals surface area contributed by atoms with Crippen LogP contribution in [-0.4, -0.2) is 38.4 Å². The van der Waals surface area contributed by atoms with E-state index in [4.69, 9.17) is 0 Å². The largest absolute Gasteiger partial charge is 0.342 e. The molecule has 1 aliphatic rings. The summed E-state index contributed by atoms with van der Waals surface area (Å²) >= 11 is 0. The highest BCUT2D eigenvalue weighted by Gasteiger charge is 2.28. The van der Waals surface area contributed by atoms with Crippen LogP contribution in [-0.2, 0) is 24.2 Å². The average molecular weight is 298 g/mol. The van der Waals surface area contributed by atoms with E-state index in [0.717, 1.165) is 44.7 Å². The molecule has 1 unspecified atom stereocenters. The van der Waals surface area contributed by atoms with E-state index in [1.54, 1.807) is 12.4 Å². The molecular weight excluding hydrogens is 276 g/mol. The summed E-state index contributed by atoms with van der Waals surface area (Å²) in [5.74, 6) is 1.38. The molecule has 0 spiro atoms. The molecule has 116 valence electrons. The van der Waals surface area contributed by atoms with Gasteiger partial charge in [-0.05, 0) is 37.5 Å². The number of likely N-dealkylation sites (N-methyl/N-ethyl adjacent to an activating group) is 1. The molecule has 1 atom stereocenters. The lowest BCUT2D eigenvalue weighted by Crippen LogP contribution is -2.40. The first kappa shape index (κ1) is 14.8. The smallest absolute Gasteiger partial charge is 0.226 e. The summed E-state index contributed by atoms with van der Waals surface area (Å²) in [5, 5.41) is 0. The predicted octanol–water partition coefficient (Wildman–Crippen LogP) is 1.93. The van der Waals surface area contributed by atoms with Crippen molar-refractivity contribution in [3.63, 3.8) is 0 Å². The molecule has 1 amide bonds. The van der Waals surface area contributed by atoms with Gasteiger partial charge in [-0.2, -0.15) is 0 Å². The molecule has 5 heteroatoms. The molecule has 0 radical (unpaired) electrons. The van der Waals surface area contributed by atoms with Crippen LogP contribution in [0.3, 0.4) is 0 Å². The predicted molar refractivity (Wildman–Crippen MR) is 84.2 cm³/mol. The van der Waals surface area contributed by atoms with Crippen molar-refractivity contribution < 1.29 is 4.79 Å². The van der Waals surface area contributed by atoms with E-state index in [1.165, 1.54) is 5.56 Å². The van der Waals surface area contributed by atoms with Crippen LogP contribution in [0.15, 0.2) is 36.9 Å². The van der Waals surface area contributed by atoms with E-state index >= 15 is 0 Å². The number of carbonyl (C=O) groups excluding carboxylic acids is 1. The van der Waals surface area contributed by atoms with Crippen molar-refractivity contribution in [2.45, 2.75) is 32.7 Å². The van der Waals surface area contributed by atoms with Crippen LogP contribution in [0.4, 0.5) is 0 Å². The third-order valence-corrected chi connectivity index (χ3v) is 4.41. The number of pyridine rings is 1. The zero-order valence-electron chi connectivity index (χ0n) is 13.0. The fraction of sp³-hybridized carbons (Fsp3) is 0.471. The van der Waals surface area contributed by atoms with Gasteiger partial charge < -0.3 is 9.47 Å². The van der Waals surface area contributed by atoms with Gasteiger partial charge in [-0.1, -0.05) is 0 Å². The van der Waals surface area contributed by atoms with Crippen molar-refractivity contribution in [1.82, 2.24) is 19.4 Å². The second-order valence-electron chi connectivity index (χ2n) is 5.75. The van der Waals surface area contributed by atoms with Crippen molar-refractivity contribution >= 4 is 5.91 Å². The molecular formula is C17H22N4O. The lowest BCUT2D eigenvalue weighted by atomic mass is 9.96. The highest BCUT2D eigenvalue weighted by Crippen LogP contribution is 2.21. The van der Waals surface area contributed by atoms with Crippen molar-refractivity contribution in [3.05, 3.63) is 48.3 Å². The van der Waals surface area contributed by atoms with E-state index < -0.39 is 0 Å². The highest BCUT2D eigenvalue weighted by molar-refractivity contribution is 5.79. The number of rotatable bonds is 5. The van der Waals surface area contributed by atoms with Gasteiger partial charge in [-0.15, -0.1) is 0 Å². The van der Waals surface area contributed by atoms with Gasteiger partial charge in [0.2, 0.25) is 5.91 Å². The molecule has 0 aliphatic carbocycles. The zero-order chi connectivity index (χ0) is 15.4. The summed E-state index contributed by atoms with van der Waals surface area (Å²) in [6.07, 6.45) is 9.97. The Morgan fingerprint density at radius 1 is 1.36 bits per heavy atom. The summed E-state index contributed by atoms with van der Waals surface area (Å²) < 4.78 is 2.15. The molecule has 2 aromatic heterocycles. The molecule has 0 saturated heterocycles. The number of carbonyl (C=O) groups is 1. The Balaban J connectivity index is 1.60. The molecule has 0 aromatic carbocycles. The Morgan fingerprint density at radius 2 is 2.18 bits per heavy atom. The van der Waals surface area contributed by atoms with Gasteiger partial charge in [0.25, 0.3) is 0 Å². The maximum absolute atomic E-state index is 12.8. The maximum atomic E-state index is 12.8. The monoisotopic (exact) mass is 298 g/mol. The topological polar surface area (TPSA) is 51.0 Å². The number of nitrogens with zero attached hydrogens (tertiary/aromatic N) is 4. The van der Waals surface area contributed by atoms with Crippen LogP contribution < -0.4 is 0 Å². The summed E-state index contributed by atoms with van der Waals surface area (Å²) in [6, 6.07) is 4.02. The van der Waals surface area contributed by atoms with E-state index in [2.05, 4.69) is 14.5 Å². The van der Waals surface area contributed by atoms with Gasteiger partial charge in [0.05, 0.1) is 0 Å². The molecule has 1 aliphatic heterocycles. The first-order valence-electron chi connectivity index (χ1n) is 7.95. The molecule has 0 N–H and O–H groups in total. The van der Waals surface area contributed by atoms with Gasteiger partial charge in [-0.25, -0.2) is 4.98 Å². The summed E-state index contributed by atoms with van der Waals surface area (Å²) in [6.45, 7) is 4.47. The van der Waals surface area contributed by atoms with E-state index in [-0.39, 0.29) is 11.8 Å². The number of fused-ring (bicyclic) bond motifs is 1. The van der Waals surface area contributed by atoms with Crippen LogP contribution in [0.2, 0.25) is 0 Å². The van der Waals surface area contributed by atoms with E-state index in [1.807, 2.05) is 36.4 Å². The number of hydrogen-bond acceptors (Lipinski definition) is 3. The van der Waals surface area contributed by atoms with Gasteiger partial charge >= 0.3 is 0 Å². The normalized spacial score (nSPS) is 17.0. The summed E-state index contributed by atoms with van der Waals surface area (Å²) in [4.78, 5) is 23.1.